The highest BCUT2D eigenvalue weighted by Gasteiger charge is 2.51. The van der Waals surface area contributed by atoms with Crippen LogP contribution in [0.4, 0.5) is 17.1 Å². The van der Waals surface area contributed by atoms with Gasteiger partial charge in [-0.2, -0.15) is 0 Å². The molecular weight excluding hydrogens is 472 g/mol. The predicted octanol–water partition coefficient (Wildman–Crippen LogP) is 6.99. The van der Waals surface area contributed by atoms with Gasteiger partial charge in [-0.1, -0.05) is 24.3 Å². The van der Waals surface area contributed by atoms with Gasteiger partial charge in [-0.05, 0) is 116 Å². The quantitative estimate of drug-likeness (QED) is 0.337. The minimum Gasteiger partial charge on any atom is -0.465 e. The topological polar surface area (TPSA) is 49.9 Å². The number of para-hydroxylation sites is 1. The molecule has 0 spiro atoms. The second kappa shape index (κ2) is 9.61. The van der Waals surface area contributed by atoms with E-state index in [0.29, 0.717) is 16.5 Å². The highest BCUT2D eigenvalue weighted by Crippen LogP contribution is 2.60. The van der Waals surface area contributed by atoms with Crippen LogP contribution in [0.5, 0.6) is 0 Å². The van der Waals surface area contributed by atoms with Gasteiger partial charge in [-0.25, -0.2) is 4.79 Å². The third kappa shape index (κ3) is 4.28. The van der Waals surface area contributed by atoms with Crippen LogP contribution in [0.2, 0.25) is 0 Å². The molecule has 0 radical (unpaired) electrons. The van der Waals surface area contributed by atoms with Gasteiger partial charge in [0, 0.05) is 31.0 Å². The molecule has 0 unspecified atom stereocenters. The summed E-state index contributed by atoms with van der Waals surface area (Å²) in [5, 5.41) is 0. The summed E-state index contributed by atoms with van der Waals surface area (Å²) in [4.78, 5) is 29.2. The molecule has 4 fully saturated rings. The summed E-state index contributed by atoms with van der Waals surface area (Å²) < 4.78 is 4.93. The van der Waals surface area contributed by atoms with Gasteiger partial charge < -0.3 is 14.5 Å². The summed E-state index contributed by atoms with van der Waals surface area (Å²) in [5.74, 6) is 2.33. The molecule has 0 saturated heterocycles. The Morgan fingerprint density at radius 1 is 0.763 bits per heavy atom. The molecule has 3 aromatic carbocycles. The molecule has 196 valence electrons. The normalized spacial score (nSPS) is 25.2. The number of amides is 1. The zero-order chi connectivity index (χ0) is 26.4. The maximum atomic E-state index is 13.3. The molecule has 4 aliphatic rings. The summed E-state index contributed by atoms with van der Waals surface area (Å²) in [6, 6.07) is 23.6. The minimum atomic E-state index is -0.380. The molecule has 0 N–H and O–H groups in total. The molecule has 4 bridgehead atoms. The van der Waals surface area contributed by atoms with Crippen molar-refractivity contribution in [3.63, 3.8) is 0 Å². The summed E-state index contributed by atoms with van der Waals surface area (Å²) in [7, 11) is 5.12. The fourth-order valence-electron chi connectivity index (χ4n) is 7.83. The fraction of sp³-hybridized carbons (Fsp3) is 0.394. The van der Waals surface area contributed by atoms with Crippen molar-refractivity contribution in [2.75, 3.05) is 31.0 Å². The zero-order valence-electron chi connectivity index (χ0n) is 22.5. The van der Waals surface area contributed by atoms with Gasteiger partial charge in [0.05, 0.1) is 18.4 Å². The Balaban J connectivity index is 1.17. The molecule has 4 saturated carbocycles. The summed E-state index contributed by atoms with van der Waals surface area (Å²) >= 11 is 0. The first-order chi connectivity index (χ1) is 18.4. The van der Waals surface area contributed by atoms with E-state index in [1.165, 1.54) is 51.2 Å². The maximum Gasteiger partial charge on any atom is 0.339 e. The SMILES string of the molecule is COC(=O)c1ccccc1N(C)c1ccc(C(=O)N(C)c2ccc(C34CC5CC(CC(C5)C3)C4)cc2)cc1. The lowest BCUT2D eigenvalue weighted by Crippen LogP contribution is -2.48. The number of carbonyl (C=O) groups is 2. The Hall–Kier alpha value is -3.60. The van der Waals surface area contributed by atoms with Gasteiger partial charge in [0.15, 0.2) is 0 Å². The zero-order valence-corrected chi connectivity index (χ0v) is 22.5. The molecule has 0 aliphatic heterocycles. The molecule has 7 rings (SSSR count). The number of hydrogen-bond donors (Lipinski definition) is 0. The standard InChI is InChI=1S/C33H36N2O3/c1-34(30-7-5-4-6-29(30)32(37)38-3)27-12-8-25(9-13-27)31(36)35(2)28-14-10-26(11-15-28)33-19-22-16-23(20-33)18-24(17-22)21-33/h4-15,22-24H,16-21H2,1-3H3. The number of hydrogen-bond acceptors (Lipinski definition) is 4. The van der Waals surface area contributed by atoms with Gasteiger partial charge in [0.1, 0.15) is 0 Å². The van der Waals surface area contributed by atoms with Crippen LogP contribution in [0.1, 0.15) is 64.8 Å². The van der Waals surface area contributed by atoms with E-state index in [1.54, 1.807) is 11.0 Å². The highest BCUT2D eigenvalue weighted by molar-refractivity contribution is 6.06. The average Bonchev–Trinajstić information content (AvgIpc) is 2.95. The van der Waals surface area contributed by atoms with E-state index in [-0.39, 0.29) is 11.9 Å². The molecular formula is C33H36N2O3. The van der Waals surface area contributed by atoms with E-state index in [4.69, 9.17) is 4.74 Å². The van der Waals surface area contributed by atoms with E-state index in [0.717, 1.165) is 34.8 Å². The molecule has 5 heteroatoms. The Morgan fingerprint density at radius 3 is 1.89 bits per heavy atom. The van der Waals surface area contributed by atoms with Gasteiger partial charge in [-0.15, -0.1) is 0 Å². The van der Waals surface area contributed by atoms with Crippen molar-refractivity contribution in [2.24, 2.45) is 17.8 Å². The van der Waals surface area contributed by atoms with E-state index < -0.39 is 0 Å². The van der Waals surface area contributed by atoms with Crippen molar-refractivity contribution >= 4 is 28.9 Å². The Labute approximate surface area is 225 Å². The lowest BCUT2D eigenvalue weighted by molar-refractivity contribution is -0.00518. The molecule has 4 aliphatic carbocycles. The predicted molar refractivity (Wildman–Crippen MR) is 151 cm³/mol. The smallest absolute Gasteiger partial charge is 0.339 e. The summed E-state index contributed by atoms with van der Waals surface area (Å²) in [5.41, 5.74) is 5.49. The third-order valence-corrected chi connectivity index (χ3v) is 9.38. The van der Waals surface area contributed by atoms with E-state index in [2.05, 4.69) is 24.3 Å². The molecule has 1 amide bonds. The van der Waals surface area contributed by atoms with Crippen molar-refractivity contribution < 1.29 is 14.3 Å². The van der Waals surface area contributed by atoms with Crippen LogP contribution >= 0.6 is 0 Å². The van der Waals surface area contributed by atoms with Crippen molar-refractivity contribution in [2.45, 2.75) is 43.9 Å². The van der Waals surface area contributed by atoms with Gasteiger partial charge in [0.25, 0.3) is 5.91 Å². The van der Waals surface area contributed by atoms with Crippen LogP contribution in [-0.4, -0.2) is 33.1 Å². The van der Waals surface area contributed by atoms with Crippen molar-refractivity contribution in [1.82, 2.24) is 0 Å². The Bertz CT molecular complexity index is 1310. The van der Waals surface area contributed by atoms with Gasteiger partial charge >= 0.3 is 5.97 Å². The minimum absolute atomic E-state index is 0.0447. The van der Waals surface area contributed by atoms with Crippen LogP contribution < -0.4 is 9.80 Å². The van der Waals surface area contributed by atoms with E-state index in [1.807, 2.05) is 61.5 Å². The lowest BCUT2D eigenvalue weighted by Gasteiger charge is -2.57. The second-order valence-corrected chi connectivity index (χ2v) is 11.7. The summed E-state index contributed by atoms with van der Waals surface area (Å²) in [6.45, 7) is 0. The average molecular weight is 509 g/mol. The number of anilines is 3. The number of rotatable bonds is 6. The largest absolute Gasteiger partial charge is 0.465 e. The van der Waals surface area contributed by atoms with Crippen molar-refractivity contribution in [3.8, 4) is 0 Å². The molecule has 0 aromatic heterocycles. The molecule has 38 heavy (non-hydrogen) atoms. The monoisotopic (exact) mass is 508 g/mol. The van der Waals surface area contributed by atoms with Crippen LogP contribution in [0.15, 0.2) is 72.8 Å². The molecule has 3 aromatic rings. The van der Waals surface area contributed by atoms with Crippen LogP contribution in [0.25, 0.3) is 0 Å². The van der Waals surface area contributed by atoms with Crippen molar-refractivity contribution in [1.29, 1.82) is 0 Å². The van der Waals surface area contributed by atoms with Crippen LogP contribution in [0.3, 0.4) is 0 Å². The van der Waals surface area contributed by atoms with Gasteiger partial charge in [-0.3, -0.25) is 4.79 Å². The fourth-order valence-corrected chi connectivity index (χ4v) is 7.83. The van der Waals surface area contributed by atoms with Crippen molar-refractivity contribution in [3.05, 3.63) is 89.5 Å². The molecule has 5 nitrogen and oxygen atoms in total. The first-order valence-electron chi connectivity index (χ1n) is 13.8. The second-order valence-electron chi connectivity index (χ2n) is 11.7. The lowest BCUT2D eigenvalue weighted by atomic mass is 9.48. The molecule has 0 heterocycles. The highest BCUT2D eigenvalue weighted by atomic mass is 16.5. The Kier molecular flexibility index (Phi) is 6.25. The maximum absolute atomic E-state index is 13.3. The van der Waals surface area contributed by atoms with E-state index in [9.17, 15) is 9.59 Å². The van der Waals surface area contributed by atoms with Crippen LogP contribution in [0, 0.1) is 17.8 Å². The number of nitrogens with zero attached hydrogens (tertiary/aromatic N) is 2. The number of benzene rings is 3. The first-order valence-corrected chi connectivity index (χ1v) is 13.8. The van der Waals surface area contributed by atoms with E-state index >= 15 is 0 Å². The summed E-state index contributed by atoms with van der Waals surface area (Å²) in [6.07, 6.45) is 8.37. The van der Waals surface area contributed by atoms with Gasteiger partial charge in [0.2, 0.25) is 0 Å². The Morgan fingerprint density at radius 2 is 1.32 bits per heavy atom. The first kappa shape index (κ1) is 24.7. The number of ether oxygens (including phenoxy) is 1. The molecule has 0 atom stereocenters. The van der Waals surface area contributed by atoms with Crippen LogP contribution in [-0.2, 0) is 10.2 Å². The number of esters is 1. The number of carbonyl (C=O) groups excluding carboxylic acids is 2. The number of methoxy groups -OCH3 is 1. The third-order valence-electron chi connectivity index (χ3n) is 9.38.